The molecule has 0 saturated carbocycles. The van der Waals surface area contributed by atoms with Gasteiger partial charge in [0.15, 0.2) is 0 Å². The quantitative estimate of drug-likeness (QED) is 0.888. The van der Waals surface area contributed by atoms with Crippen molar-refractivity contribution in [3.8, 4) is 5.69 Å². The van der Waals surface area contributed by atoms with Crippen molar-refractivity contribution in [1.82, 2.24) is 15.1 Å². The molecule has 0 bridgehead atoms. The van der Waals surface area contributed by atoms with Gasteiger partial charge in [-0.25, -0.2) is 4.68 Å². The van der Waals surface area contributed by atoms with Gasteiger partial charge in [-0.3, -0.25) is 4.79 Å². The van der Waals surface area contributed by atoms with E-state index in [0.717, 1.165) is 35.1 Å². The van der Waals surface area contributed by atoms with Crippen molar-refractivity contribution in [2.75, 3.05) is 23.4 Å². The molecule has 124 valence electrons. The van der Waals surface area contributed by atoms with Crippen molar-refractivity contribution in [2.45, 2.75) is 19.4 Å². The largest absolute Gasteiger partial charge is 0.324 e. The molecule has 3 rings (SSSR count). The summed E-state index contributed by atoms with van der Waals surface area (Å²) in [6.07, 6.45) is 2.40. The topological polar surface area (TPSA) is 59.0 Å². The fraction of sp³-hybridized carbons (Fsp3) is 0.375. The first-order chi connectivity index (χ1) is 10.7. The number of hydrogen-bond donors (Lipinski definition) is 2. The van der Waals surface area contributed by atoms with Crippen molar-refractivity contribution in [3.63, 3.8) is 0 Å². The van der Waals surface area contributed by atoms with Gasteiger partial charge in [0.2, 0.25) is 5.91 Å². The molecule has 1 aromatic carbocycles. The Kier molecular flexibility index (Phi) is 6.50. The third kappa shape index (κ3) is 4.73. The highest BCUT2D eigenvalue weighted by atomic mass is 35.5. The standard InChI is InChI=1S/C16H20N4OS.ClH/c1-12-6-8-20(19-12)15-5-3-2-4-14(15)18-16(21)10-13-11-22-9-7-17-13;/h2-6,8,13,17H,7,9-11H2,1H3,(H,18,21);1H. The van der Waals surface area contributed by atoms with E-state index < -0.39 is 0 Å². The van der Waals surface area contributed by atoms with Gasteiger partial charge in [0.1, 0.15) is 0 Å². The Bertz CT molecular complexity index is 655. The maximum absolute atomic E-state index is 12.3. The van der Waals surface area contributed by atoms with E-state index in [9.17, 15) is 4.79 Å². The molecule has 0 radical (unpaired) electrons. The Hall–Kier alpha value is -1.50. The number of aryl methyl sites for hydroxylation is 1. The second-order valence-corrected chi connectivity index (χ2v) is 6.55. The molecule has 1 saturated heterocycles. The molecule has 1 aromatic heterocycles. The van der Waals surface area contributed by atoms with E-state index in [1.807, 2.05) is 55.2 Å². The van der Waals surface area contributed by atoms with Crippen molar-refractivity contribution in [2.24, 2.45) is 0 Å². The molecule has 23 heavy (non-hydrogen) atoms. The Labute approximate surface area is 146 Å². The first-order valence-corrected chi connectivity index (χ1v) is 8.60. The van der Waals surface area contributed by atoms with Crippen LogP contribution in [0.25, 0.3) is 5.69 Å². The fourth-order valence-electron chi connectivity index (χ4n) is 2.50. The lowest BCUT2D eigenvalue weighted by atomic mass is 10.2. The lowest BCUT2D eigenvalue weighted by molar-refractivity contribution is -0.116. The average molecular weight is 353 g/mol. The van der Waals surface area contributed by atoms with Crippen LogP contribution in [0.2, 0.25) is 0 Å². The summed E-state index contributed by atoms with van der Waals surface area (Å²) in [5.74, 6) is 2.16. The zero-order chi connectivity index (χ0) is 15.4. The van der Waals surface area contributed by atoms with Gasteiger partial charge in [0.05, 0.1) is 17.1 Å². The number of carbonyl (C=O) groups is 1. The molecular formula is C16H21ClN4OS. The van der Waals surface area contributed by atoms with Crippen LogP contribution in [0, 0.1) is 6.92 Å². The van der Waals surface area contributed by atoms with Crippen LogP contribution in [0.4, 0.5) is 5.69 Å². The summed E-state index contributed by atoms with van der Waals surface area (Å²) in [5.41, 5.74) is 2.62. The maximum Gasteiger partial charge on any atom is 0.226 e. The van der Waals surface area contributed by atoms with E-state index in [1.54, 1.807) is 4.68 Å². The van der Waals surface area contributed by atoms with Gasteiger partial charge >= 0.3 is 0 Å². The lowest BCUT2D eigenvalue weighted by Gasteiger charge is -2.22. The lowest BCUT2D eigenvalue weighted by Crippen LogP contribution is -2.39. The zero-order valence-electron chi connectivity index (χ0n) is 13.0. The van der Waals surface area contributed by atoms with Gasteiger partial charge in [-0.15, -0.1) is 12.4 Å². The molecule has 7 heteroatoms. The van der Waals surface area contributed by atoms with Crippen molar-refractivity contribution in [3.05, 3.63) is 42.2 Å². The molecule has 1 amide bonds. The highest BCUT2D eigenvalue weighted by Gasteiger charge is 2.17. The van der Waals surface area contributed by atoms with E-state index in [0.29, 0.717) is 6.42 Å². The molecule has 2 aromatic rings. The SMILES string of the molecule is Cc1ccn(-c2ccccc2NC(=O)CC2CSCCN2)n1.Cl. The number of carbonyl (C=O) groups excluding carboxylic acids is 1. The number of anilines is 1. The van der Waals surface area contributed by atoms with Crippen LogP contribution in [0.5, 0.6) is 0 Å². The van der Waals surface area contributed by atoms with Crippen LogP contribution in [-0.2, 0) is 4.79 Å². The average Bonchev–Trinajstić information content (AvgIpc) is 2.95. The van der Waals surface area contributed by atoms with Gasteiger partial charge in [-0.1, -0.05) is 12.1 Å². The first kappa shape index (κ1) is 17.8. The predicted molar refractivity (Wildman–Crippen MR) is 97.9 cm³/mol. The van der Waals surface area contributed by atoms with Gasteiger partial charge in [-0.05, 0) is 25.1 Å². The number of rotatable bonds is 4. The third-order valence-electron chi connectivity index (χ3n) is 3.58. The van der Waals surface area contributed by atoms with E-state index in [1.165, 1.54) is 0 Å². The molecule has 2 heterocycles. The number of nitrogens with zero attached hydrogens (tertiary/aromatic N) is 2. The molecule has 1 aliphatic heterocycles. The van der Waals surface area contributed by atoms with Crippen molar-refractivity contribution >= 4 is 35.8 Å². The van der Waals surface area contributed by atoms with Crippen LogP contribution in [0.3, 0.4) is 0 Å². The summed E-state index contributed by atoms with van der Waals surface area (Å²) in [5, 5.41) is 10.8. The molecular weight excluding hydrogens is 332 g/mol. The minimum atomic E-state index is 0. The van der Waals surface area contributed by atoms with Crippen LogP contribution >= 0.6 is 24.2 Å². The van der Waals surface area contributed by atoms with E-state index in [2.05, 4.69) is 15.7 Å². The van der Waals surface area contributed by atoms with E-state index in [4.69, 9.17) is 0 Å². The maximum atomic E-state index is 12.3. The number of nitrogens with one attached hydrogen (secondary N) is 2. The third-order valence-corrected chi connectivity index (χ3v) is 4.71. The molecule has 1 aliphatic rings. The van der Waals surface area contributed by atoms with Gasteiger partial charge in [-0.2, -0.15) is 16.9 Å². The summed E-state index contributed by atoms with van der Waals surface area (Å²) in [7, 11) is 0. The van der Waals surface area contributed by atoms with Crippen LogP contribution in [0.1, 0.15) is 12.1 Å². The molecule has 1 fully saturated rings. The molecule has 0 spiro atoms. The molecule has 0 aliphatic carbocycles. The second kappa shape index (κ2) is 8.38. The molecule has 5 nitrogen and oxygen atoms in total. The fourth-order valence-corrected chi connectivity index (χ4v) is 3.45. The summed E-state index contributed by atoms with van der Waals surface area (Å²) in [4.78, 5) is 12.3. The minimum Gasteiger partial charge on any atom is -0.324 e. The minimum absolute atomic E-state index is 0. The Morgan fingerprint density at radius 3 is 2.96 bits per heavy atom. The second-order valence-electron chi connectivity index (χ2n) is 5.40. The summed E-state index contributed by atoms with van der Waals surface area (Å²) >= 11 is 1.90. The number of para-hydroxylation sites is 2. The number of aromatic nitrogens is 2. The van der Waals surface area contributed by atoms with Gasteiger partial charge in [0, 0.05) is 36.7 Å². The highest BCUT2D eigenvalue weighted by molar-refractivity contribution is 7.99. The summed E-state index contributed by atoms with van der Waals surface area (Å²) in [6.45, 7) is 2.93. The normalized spacial score (nSPS) is 17.3. The number of hydrogen-bond acceptors (Lipinski definition) is 4. The van der Waals surface area contributed by atoms with E-state index in [-0.39, 0.29) is 24.4 Å². The highest BCUT2D eigenvalue weighted by Crippen LogP contribution is 2.20. The Morgan fingerprint density at radius 2 is 2.26 bits per heavy atom. The van der Waals surface area contributed by atoms with Gasteiger partial charge < -0.3 is 10.6 Å². The van der Waals surface area contributed by atoms with Crippen molar-refractivity contribution < 1.29 is 4.79 Å². The molecule has 2 N–H and O–H groups in total. The zero-order valence-corrected chi connectivity index (χ0v) is 14.6. The number of halogens is 1. The number of thioether (sulfide) groups is 1. The van der Waals surface area contributed by atoms with Crippen LogP contribution < -0.4 is 10.6 Å². The Morgan fingerprint density at radius 1 is 1.43 bits per heavy atom. The van der Waals surface area contributed by atoms with Crippen LogP contribution in [-0.4, -0.2) is 39.8 Å². The summed E-state index contributed by atoms with van der Waals surface area (Å²) in [6, 6.07) is 9.94. The Balaban J connectivity index is 0.00000192. The smallest absolute Gasteiger partial charge is 0.226 e. The van der Waals surface area contributed by atoms with Crippen LogP contribution in [0.15, 0.2) is 36.5 Å². The number of amides is 1. The monoisotopic (exact) mass is 352 g/mol. The number of benzene rings is 1. The van der Waals surface area contributed by atoms with Crippen molar-refractivity contribution in [1.29, 1.82) is 0 Å². The van der Waals surface area contributed by atoms with Gasteiger partial charge in [0.25, 0.3) is 0 Å². The predicted octanol–water partition coefficient (Wildman–Crippen LogP) is 2.64. The molecule has 1 unspecified atom stereocenters. The first-order valence-electron chi connectivity index (χ1n) is 7.45. The summed E-state index contributed by atoms with van der Waals surface area (Å²) < 4.78 is 1.79. The molecule has 1 atom stereocenters. The van der Waals surface area contributed by atoms with E-state index >= 15 is 0 Å².